The molecule has 1 heterocycles. The van der Waals surface area contributed by atoms with Crippen molar-refractivity contribution in [3.8, 4) is 0 Å². The van der Waals surface area contributed by atoms with E-state index in [1.165, 1.54) is 0 Å². The highest BCUT2D eigenvalue weighted by Crippen LogP contribution is 2.04. The highest BCUT2D eigenvalue weighted by atomic mass is 16.2. The van der Waals surface area contributed by atoms with Gasteiger partial charge in [0.1, 0.15) is 6.54 Å². The van der Waals surface area contributed by atoms with Gasteiger partial charge >= 0.3 is 0 Å². The fourth-order valence-corrected chi connectivity index (χ4v) is 2.21. The van der Waals surface area contributed by atoms with E-state index in [0.29, 0.717) is 29.8 Å². The summed E-state index contributed by atoms with van der Waals surface area (Å²) in [7, 11) is 1.90. The molecule has 112 valence electrons. The predicted octanol–water partition coefficient (Wildman–Crippen LogP) is -0.538. The number of aromatic amines is 1. The van der Waals surface area contributed by atoms with Crippen molar-refractivity contribution in [1.29, 1.82) is 0 Å². The molecule has 0 bridgehead atoms. The van der Waals surface area contributed by atoms with Gasteiger partial charge in [-0.25, -0.2) is 4.98 Å². The Morgan fingerprint density at radius 1 is 1.38 bits per heavy atom. The summed E-state index contributed by atoms with van der Waals surface area (Å²) in [4.78, 5) is 31.9. The Balaban J connectivity index is 2.09. The van der Waals surface area contributed by atoms with Gasteiger partial charge in [0, 0.05) is 6.04 Å². The number of nitrogens with zero attached hydrogens (tertiary/aromatic N) is 1. The first-order valence-electron chi connectivity index (χ1n) is 7.04. The highest BCUT2D eigenvalue weighted by Gasteiger charge is 2.13. The molecule has 0 radical (unpaired) electrons. The second kappa shape index (κ2) is 6.49. The molecule has 6 heteroatoms. The van der Waals surface area contributed by atoms with Crippen LogP contribution in [0.25, 0.3) is 10.9 Å². The number of fused-ring (bicyclic) bond motifs is 1. The second-order valence-electron chi connectivity index (χ2n) is 5.56. The smallest absolute Gasteiger partial charge is 0.275 e. The van der Waals surface area contributed by atoms with Crippen molar-refractivity contribution in [3.63, 3.8) is 0 Å². The zero-order valence-corrected chi connectivity index (χ0v) is 12.6. The number of nitrogens with one attached hydrogen (secondary N) is 3. The number of carbonyl (C=O) groups excluding carboxylic acids is 1. The van der Waals surface area contributed by atoms with Crippen LogP contribution in [0.3, 0.4) is 0 Å². The maximum atomic E-state index is 12.0. The number of aromatic nitrogens is 2. The molecule has 21 heavy (non-hydrogen) atoms. The van der Waals surface area contributed by atoms with Crippen molar-refractivity contribution >= 4 is 16.8 Å². The number of likely N-dealkylation sites (N-methyl/N-ethyl adjacent to an activating group) is 1. The summed E-state index contributed by atoms with van der Waals surface area (Å²) in [5.41, 5.74) is 0.533. The van der Waals surface area contributed by atoms with Crippen molar-refractivity contribution in [2.45, 2.75) is 26.4 Å². The van der Waals surface area contributed by atoms with E-state index in [4.69, 9.17) is 0 Å². The maximum Gasteiger partial charge on any atom is 0.275 e. The number of H-pyrrole nitrogens is 1. The lowest BCUT2D eigenvalue weighted by atomic mass is 10.2. The molecule has 0 aliphatic heterocycles. The van der Waals surface area contributed by atoms with E-state index in [-0.39, 0.29) is 17.5 Å². The number of hydrogen-bond acceptors (Lipinski definition) is 3. The summed E-state index contributed by atoms with van der Waals surface area (Å²) >= 11 is 0. The molecule has 1 unspecified atom stereocenters. The molecule has 2 rings (SSSR count). The number of carbonyl (C=O) groups is 1. The van der Waals surface area contributed by atoms with Crippen LogP contribution < -0.4 is 15.8 Å². The molecule has 6 nitrogen and oxygen atoms in total. The first kappa shape index (κ1) is 15.2. The Labute approximate surface area is 123 Å². The molecular weight excluding hydrogens is 268 g/mol. The average molecular weight is 289 g/mol. The Bertz CT molecular complexity index is 693. The number of rotatable bonds is 5. The van der Waals surface area contributed by atoms with E-state index in [0.717, 1.165) is 4.90 Å². The Morgan fingerprint density at radius 3 is 2.81 bits per heavy atom. The van der Waals surface area contributed by atoms with Crippen LogP contribution in [0.1, 0.15) is 19.7 Å². The number of quaternary nitrogens is 1. The predicted molar refractivity (Wildman–Crippen MR) is 81.1 cm³/mol. The normalized spacial score (nSPS) is 12.6. The van der Waals surface area contributed by atoms with E-state index in [9.17, 15) is 9.59 Å². The summed E-state index contributed by atoms with van der Waals surface area (Å²) in [6.07, 6.45) is 0. The van der Waals surface area contributed by atoms with Crippen LogP contribution in [0.5, 0.6) is 0 Å². The fraction of sp³-hybridized carbons (Fsp3) is 0.400. The molecule has 0 fully saturated rings. The van der Waals surface area contributed by atoms with E-state index in [1.54, 1.807) is 6.07 Å². The van der Waals surface area contributed by atoms with Gasteiger partial charge in [0.05, 0.1) is 18.0 Å². The molecule has 1 aromatic heterocycles. The fourth-order valence-electron chi connectivity index (χ4n) is 2.21. The zero-order valence-electron chi connectivity index (χ0n) is 12.6. The molecule has 2 aromatic rings. The van der Waals surface area contributed by atoms with Crippen LogP contribution in [0.4, 0.5) is 0 Å². The number of para-hydroxylation sites is 1. The quantitative estimate of drug-likeness (QED) is 0.692. The van der Waals surface area contributed by atoms with E-state index < -0.39 is 0 Å². The minimum Gasteiger partial charge on any atom is -0.349 e. The second-order valence-corrected chi connectivity index (χ2v) is 5.56. The van der Waals surface area contributed by atoms with Gasteiger partial charge in [-0.05, 0) is 26.0 Å². The molecule has 0 aliphatic rings. The monoisotopic (exact) mass is 289 g/mol. The molecule has 3 N–H and O–H groups in total. The Morgan fingerprint density at radius 2 is 2.10 bits per heavy atom. The minimum atomic E-state index is -0.143. The SMILES string of the molecule is CC(C)NC(=O)C[NH+](C)Cc1nc2ccccc2c(=O)[nH]1. The van der Waals surface area contributed by atoms with Gasteiger partial charge in [0.15, 0.2) is 12.4 Å². The van der Waals surface area contributed by atoms with Crippen LogP contribution in [0, 0.1) is 0 Å². The molecular formula is C15H21N4O2+. The average Bonchev–Trinajstić information content (AvgIpc) is 2.37. The summed E-state index contributed by atoms with van der Waals surface area (Å²) < 4.78 is 0. The van der Waals surface area contributed by atoms with Gasteiger partial charge in [0.2, 0.25) is 0 Å². The van der Waals surface area contributed by atoms with Crippen molar-refractivity contribution in [2.75, 3.05) is 13.6 Å². The molecule has 0 aliphatic carbocycles. The largest absolute Gasteiger partial charge is 0.349 e. The third-order valence-corrected chi connectivity index (χ3v) is 3.04. The van der Waals surface area contributed by atoms with Gasteiger partial charge < -0.3 is 15.2 Å². The third kappa shape index (κ3) is 4.13. The van der Waals surface area contributed by atoms with Gasteiger partial charge in [-0.15, -0.1) is 0 Å². The maximum absolute atomic E-state index is 12.0. The Kier molecular flexibility index (Phi) is 4.70. The summed E-state index contributed by atoms with van der Waals surface area (Å²) in [6, 6.07) is 7.36. The summed E-state index contributed by atoms with van der Waals surface area (Å²) in [5, 5.41) is 3.43. The van der Waals surface area contributed by atoms with Crippen molar-refractivity contribution < 1.29 is 9.69 Å². The van der Waals surface area contributed by atoms with Crippen LogP contribution in [0.2, 0.25) is 0 Å². The molecule has 1 aromatic carbocycles. The standard InChI is InChI=1S/C15H20N4O2/c1-10(2)16-14(20)9-19(3)8-13-17-12-7-5-4-6-11(12)15(21)18-13/h4-7,10H,8-9H2,1-3H3,(H,16,20)(H,17,18,21)/p+1. The molecule has 1 atom stereocenters. The van der Waals surface area contributed by atoms with Crippen LogP contribution >= 0.6 is 0 Å². The molecule has 0 saturated heterocycles. The lowest BCUT2D eigenvalue weighted by Gasteiger charge is -2.14. The first-order valence-corrected chi connectivity index (χ1v) is 7.04. The van der Waals surface area contributed by atoms with E-state index >= 15 is 0 Å². The van der Waals surface area contributed by atoms with Crippen LogP contribution in [0.15, 0.2) is 29.1 Å². The highest BCUT2D eigenvalue weighted by molar-refractivity contribution is 5.77. The van der Waals surface area contributed by atoms with Gasteiger partial charge in [0.25, 0.3) is 11.5 Å². The lowest BCUT2D eigenvalue weighted by molar-refractivity contribution is -0.886. The van der Waals surface area contributed by atoms with Crippen molar-refractivity contribution in [1.82, 2.24) is 15.3 Å². The topological polar surface area (TPSA) is 79.3 Å². The van der Waals surface area contributed by atoms with Crippen LogP contribution in [-0.4, -0.2) is 35.5 Å². The Hall–Kier alpha value is -2.21. The minimum absolute atomic E-state index is 0.00867. The summed E-state index contributed by atoms with van der Waals surface area (Å²) in [5.74, 6) is 0.583. The molecule has 0 spiro atoms. The van der Waals surface area contributed by atoms with Gasteiger partial charge in [-0.2, -0.15) is 0 Å². The van der Waals surface area contributed by atoms with Crippen LogP contribution in [-0.2, 0) is 11.3 Å². The first-order chi connectivity index (χ1) is 9.95. The number of benzene rings is 1. The summed E-state index contributed by atoms with van der Waals surface area (Å²) in [6.45, 7) is 4.69. The molecule has 0 saturated carbocycles. The van der Waals surface area contributed by atoms with Gasteiger partial charge in [-0.1, -0.05) is 12.1 Å². The number of amides is 1. The zero-order chi connectivity index (χ0) is 15.4. The molecule has 1 amide bonds. The lowest BCUT2D eigenvalue weighted by Crippen LogP contribution is -3.09. The van der Waals surface area contributed by atoms with Crippen molar-refractivity contribution in [2.24, 2.45) is 0 Å². The van der Waals surface area contributed by atoms with E-state index in [1.807, 2.05) is 39.1 Å². The van der Waals surface area contributed by atoms with Gasteiger partial charge in [-0.3, -0.25) is 9.59 Å². The van der Waals surface area contributed by atoms with Crippen molar-refractivity contribution in [3.05, 3.63) is 40.4 Å². The third-order valence-electron chi connectivity index (χ3n) is 3.04. The number of hydrogen-bond donors (Lipinski definition) is 3. The van der Waals surface area contributed by atoms with E-state index in [2.05, 4.69) is 15.3 Å².